The van der Waals surface area contributed by atoms with Crippen LogP contribution in [0.15, 0.2) is 57.8 Å². The van der Waals surface area contributed by atoms with Crippen LogP contribution >= 0.6 is 12.2 Å². The Labute approximate surface area is 136 Å². The fraction of sp³-hybridized carbons (Fsp3) is 0.0625. The first kappa shape index (κ1) is 15.1. The summed E-state index contributed by atoms with van der Waals surface area (Å²) in [6.07, 6.45) is 5.03. The van der Waals surface area contributed by atoms with E-state index in [9.17, 15) is 4.39 Å². The molecular weight excluding hydrogens is 315 g/mol. The second-order valence-corrected chi connectivity index (χ2v) is 5.18. The normalized spacial score (nSPS) is 12.2. The van der Waals surface area contributed by atoms with Gasteiger partial charge in [-0.1, -0.05) is 12.1 Å². The summed E-state index contributed by atoms with van der Waals surface area (Å²) in [5, 5.41) is 11.0. The van der Waals surface area contributed by atoms with Gasteiger partial charge in [0.2, 0.25) is 4.77 Å². The van der Waals surface area contributed by atoms with Gasteiger partial charge in [0.05, 0.1) is 18.0 Å². The van der Waals surface area contributed by atoms with Crippen LogP contribution in [0.1, 0.15) is 12.7 Å². The molecule has 0 spiro atoms. The zero-order chi connectivity index (χ0) is 16.2. The number of allylic oxidation sites excluding steroid dienone is 1. The summed E-state index contributed by atoms with van der Waals surface area (Å²) >= 11 is 5.15. The highest BCUT2D eigenvalue weighted by atomic mass is 32.1. The molecule has 1 aromatic carbocycles. The number of nitrogens with zero attached hydrogens (tertiary/aromatic N) is 3. The van der Waals surface area contributed by atoms with E-state index in [1.165, 1.54) is 10.7 Å². The van der Waals surface area contributed by atoms with Crippen LogP contribution in [-0.2, 0) is 0 Å². The lowest BCUT2D eigenvalue weighted by Gasteiger charge is -2.02. The molecule has 0 atom stereocenters. The van der Waals surface area contributed by atoms with Gasteiger partial charge in [-0.3, -0.25) is 0 Å². The topological polar surface area (TPSA) is 59.1 Å². The van der Waals surface area contributed by atoms with Gasteiger partial charge in [-0.2, -0.15) is 14.9 Å². The minimum atomic E-state index is -0.388. The van der Waals surface area contributed by atoms with Crippen molar-refractivity contribution in [2.24, 2.45) is 5.10 Å². The third-order valence-electron chi connectivity index (χ3n) is 3.06. The van der Waals surface area contributed by atoms with Crippen molar-refractivity contribution >= 4 is 24.5 Å². The molecule has 2 heterocycles. The van der Waals surface area contributed by atoms with Crippen LogP contribution in [0.4, 0.5) is 4.39 Å². The quantitative estimate of drug-likeness (QED) is 0.574. The molecule has 7 heteroatoms. The number of furan rings is 1. The first-order chi connectivity index (χ1) is 11.1. The maximum absolute atomic E-state index is 13.9. The van der Waals surface area contributed by atoms with E-state index in [4.69, 9.17) is 16.6 Å². The largest absolute Gasteiger partial charge is 0.465 e. The summed E-state index contributed by atoms with van der Waals surface area (Å²) < 4.78 is 20.8. The number of benzene rings is 1. The molecule has 0 aliphatic rings. The van der Waals surface area contributed by atoms with Crippen molar-refractivity contribution in [3.8, 4) is 11.4 Å². The number of hydrogen-bond acceptors (Lipinski definition) is 4. The average molecular weight is 328 g/mol. The van der Waals surface area contributed by atoms with E-state index >= 15 is 0 Å². The average Bonchev–Trinajstić information content (AvgIpc) is 3.16. The SMILES string of the molecule is CC(/C=N/n1c(-c2ccccc2F)n[nH]c1=S)=C\c1ccco1. The molecular formula is C16H13FN4OS. The maximum Gasteiger partial charge on any atom is 0.216 e. The minimum Gasteiger partial charge on any atom is -0.465 e. The highest BCUT2D eigenvalue weighted by Gasteiger charge is 2.12. The third-order valence-corrected chi connectivity index (χ3v) is 3.32. The molecule has 0 saturated carbocycles. The monoisotopic (exact) mass is 328 g/mol. The molecule has 0 radical (unpaired) electrons. The molecule has 2 aromatic heterocycles. The lowest BCUT2D eigenvalue weighted by atomic mass is 10.2. The van der Waals surface area contributed by atoms with Gasteiger partial charge < -0.3 is 4.42 Å². The number of aromatic nitrogens is 3. The van der Waals surface area contributed by atoms with Crippen molar-refractivity contribution in [1.82, 2.24) is 14.9 Å². The lowest BCUT2D eigenvalue weighted by Crippen LogP contribution is -1.96. The summed E-state index contributed by atoms with van der Waals surface area (Å²) in [7, 11) is 0. The molecule has 0 bridgehead atoms. The predicted octanol–water partition coefficient (Wildman–Crippen LogP) is 4.28. The number of rotatable bonds is 4. The second-order valence-electron chi connectivity index (χ2n) is 4.79. The summed E-state index contributed by atoms with van der Waals surface area (Å²) in [6.45, 7) is 1.87. The maximum atomic E-state index is 13.9. The molecule has 0 amide bonds. The Morgan fingerprint density at radius 1 is 1.35 bits per heavy atom. The zero-order valence-corrected chi connectivity index (χ0v) is 13.0. The van der Waals surface area contributed by atoms with Gasteiger partial charge in [-0.15, -0.1) is 0 Å². The Kier molecular flexibility index (Phi) is 4.29. The molecule has 5 nitrogen and oxygen atoms in total. The van der Waals surface area contributed by atoms with Gasteiger partial charge >= 0.3 is 0 Å². The molecule has 3 aromatic rings. The van der Waals surface area contributed by atoms with E-state index in [1.807, 2.05) is 19.1 Å². The van der Waals surface area contributed by atoms with E-state index in [-0.39, 0.29) is 10.6 Å². The van der Waals surface area contributed by atoms with Crippen molar-refractivity contribution in [2.75, 3.05) is 0 Å². The summed E-state index contributed by atoms with van der Waals surface area (Å²) in [5.41, 5.74) is 1.17. The van der Waals surface area contributed by atoms with Gasteiger partial charge in [-0.05, 0) is 55.1 Å². The highest BCUT2D eigenvalue weighted by molar-refractivity contribution is 7.71. The Balaban J connectivity index is 1.95. The van der Waals surface area contributed by atoms with Crippen molar-refractivity contribution in [3.63, 3.8) is 0 Å². The highest BCUT2D eigenvalue weighted by Crippen LogP contribution is 2.20. The number of aromatic amines is 1. The van der Waals surface area contributed by atoms with Crippen molar-refractivity contribution in [2.45, 2.75) is 6.92 Å². The Bertz CT molecular complexity index is 922. The number of H-pyrrole nitrogens is 1. The fourth-order valence-electron chi connectivity index (χ4n) is 2.00. The molecule has 23 heavy (non-hydrogen) atoms. The van der Waals surface area contributed by atoms with E-state index in [2.05, 4.69) is 15.3 Å². The van der Waals surface area contributed by atoms with Gasteiger partial charge in [0.1, 0.15) is 11.6 Å². The molecule has 0 saturated heterocycles. The standard InChI is InChI=1S/C16H13FN4OS/c1-11(9-12-5-4-8-22-12)10-18-21-15(19-20-16(21)23)13-6-2-3-7-14(13)17/h2-10H,1H3,(H,20,23)/b11-9+,18-10+. The van der Waals surface area contributed by atoms with Crippen LogP contribution in [0.2, 0.25) is 0 Å². The first-order valence-electron chi connectivity index (χ1n) is 6.83. The van der Waals surface area contributed by atoms with Crippen LogP contribution in [-0.4, -0.2) is 21.1 Å². The van der Waals surface area contributed by atoms with Crippen LogP contribution in [0.25, 0.3) is 17.5 Å². The molecule has 0 fully saturated rings. The molecule has 1 N–H and O–H groups in total. The van der Waals surface area contributed by atoms with Gasteiger partial charge in [0.15, 0.2) is 5.82 Å². The van der Waals surface area contributed by atoms with Crippen LogP contribution in [0, 0.1) is 10.6 Å². The van der Waals surface area contributed by atoms with Crippen molar-refractivity contribution < 1.29 is 8.81 Å². The smallest absolute Gasteiger partial charge is 0.216 e. The van der Waals surface area contributed by atoms with Crippen LogP contribution < -0.4 is 0 Å². The fourth-order valence-corrected chi connectivity index (χ4v) is 2.18. The first-order valence-corrected chi connectivity index (χ1v) is 7.24. The number of hydrogen-bond donors (Lipinski definition) is 1. The van der Waals surface area contributed by atoms with Gasteiger partial charge in [0.25, 0.3) is 0 Å². The molecule has 0 unspecified atom stereocenters. The van der Waals surface area contributed by atoms with Crippen LogP contribution in [0.5, 0.6) is 0 Å². The number of nitrogens with one attached hydrogen (secondary N) is 1. The van der Waals surface area contributed by atoms with E-state index in [0.29, 0.717) is 11.4 Å². The minimum absolute atomic E-state index is 0.283. The molecule has 3 rings (SSSR count). The van der Waals surface area contributed by atoms with E-state index < -0.39 is 0 Å². The Hall–Kier alpha value is -2.80. The van der Waals surface area contributed by atoms with Crippen LogP contribution in [0.3, 0.4) is 0 Å². The zero-order valence-electron chi connectivity index (χ0n) is 12.2. The van der Waals surface area contributed by atoms with Gasteiger partial charge in [-0.25, -0.2) is 9.49 Å². The van der Waals surface area contributed by atoms with Crippen molar-refractivity contribution in [3.05, 3.63) is 64.6 Å². The Morgan fingerprint density at radius 3 is 2.91 bits per heavy atom. The Morgan fingerprint density at radius 2 is 2.17 bits per heavy atom. The predicted molar refractivity (Wildman–Crippen MR) is 89.1 cm³/mol. The summed E-state index contributed by atoms with van der Waals surface area (Å²) in [6, 6.07) is 9.97. The summed E-state index contributed by atoms with van der Waals surface area (Å²) in [5.74, 6) is 0.648. The van der Waals surface area contributed by atoms with Gasteiger partial charge in [0, 0.05) is 0 Å². The number of halogens is 1. The van der Waals surface area contributed by atoms with E-state index in [1.54, 1.807) is 36.7 Å². The molecule has 0 aliphatic heterocycles. The van der Waals surface area contributed by atoms with E-state index in [0.717, 1.165) is 11.3 Å². The third kappa shape index (κ3) is 3.35. The molecule has 116 valence electrons. The lowest BCUT2D eigenvalue weighted by molar-refractivity contribution is 0.557. The van der Waals surface area contributed by atoms with Crippen molar-refractivity contribution in [1.29, 1.82) is 0 Å². The summed E-state index contributed by atoms with van der Waals surface area (Å²) in [4.78, 5) is 0. The molecule has 0 aliphatic carbocycles. The second kappa shape index (κ2) is 6.53.